The first-order valence-electron chi connectivity index (χ1n) is 10.1. The first-order chi connectivity index (χ1) is 15.3. The summed E-state index contributed by atoms with van der Waals surface area (Å²) in [5, 5.41) is 0.863. The van der Waals surface area contributed by atoms with Gasteiger partial charge in [-0.25, -0.2) is 0 Å². The summed E-state index contributed by atoms with van der Waals surface area (Å²) < 4.78 is 12.7. The Morgan fingerprint density at radius 1 is 1.12 bits per heavy atom. The summed E-state index contributed by atoms with van der Waals surface area (Å²) in [4.78, 5) is 26.6. The van der Waals surface area contributed by atoms with Gasteiger partial charge in [0.25, 0.3) is 11.1 Å². The largest absolute Gasteiger partial charge is 0.490 e. The maximum Gasteiger partial charge on any atom is 0.293 e. The fourth-order valence-electron chi connectivity index (χ4n) is 3.02. The quantitative estimate of drug-likeness (QED) is 0.220. The van der Waals surface area contributed by atoms with Crippen molar-refractivity contribution < 1.29 is 19.1 Å². The molecule has 170 valence electrons. The zero-order chi connectivity index (χ0) is 23.3. The maximum absolute atomic E-state index is 12.6. The number of hydrogen-bond donors (Lipinski definition) is 0. The summed E-state index contributed by atoms with van der Waals surface area (Å²) in [6, 6.07) is 8.96. The third kappa shape index (κ3) is 6.12. The molecule has 0 saturated carbocycles. The number of halogens is 3. The molecule has 1 aliphatic heterocycles. The van der Waals surface area contributed by atoms with Crippen molar-refractivity contribution in [2.75, 3.05) is 13.2 Å². The van der Waals surface area contributed by atoms with E-state index in [-0.39, 0.29) is 17.8 Å². The molecule has 2 aromatic rings. The van der Waals surface area contributed by atoms with Crippen molar-refractivity contribution in [1.82, 2.24) is 4.90 Å². The SMILES string of the molecule is CCCCN1C(=O)S/C(=C\c2cc(I)c(OCc3ccc(Cl)cc3Cl)c(OCC)c2)C1=O. The van der Waals surface area contributed by atoms with E-state index in [0.29, 0.717) is 39.6 Å². The number of unbranched alkanes of at least 4 members (excludes halogenated alkanes) is 1. The zero-order valence-electron chi connectivity index (χ0n) is 17.6. The maximum atomic E-state index is 12.6. The van der Waals surface area contributed by atoms with Gasteiger partial charge in [0.2, 0.25) is 0 Å². The van der Waals surface area contributed by atoms with Crippen LogP contribution in [0.4, 0.5) is 4.79 Å². The Hall–Kier alpha value is -1.42. The van der Waals surface area contributed by atoms with Crippen molar-refractivity contribution in [3.8, 4) is 11.5 Å². The second-order valence-corrected chi connectivity index (χ2v) is 9.97. The summed E-state index contributed by atoms with van der Waals surface area (Å²) >= 11 is 15.4. The van der Waals surface area contributed by atoms with Crippen LogP contribution in [-0.4, -0.2) is 29.2 Å². The number of thioether (sulfide) groups is 1. The molecule has 0 unspecified atom stereocenters. The Labute approximate surface area is 215 Å². The molecule has 32 heavy (non-hydrogen) atoms. The second-order valence-electron chi connectivity index (χ2n) is 6.97. The van der Waals surface area contributed by atoms with Crippen molar-refractivity contribution in [1.29, 1.82) is 0 Å². The Kier molecular flexibility index (Phi) is 9.16. The lowest BCUT2D eigenvalue weighted by atomic mass is 10.1. The predicted molar refractivity (Wildman–Crippen MR) is 139 cm³/mol. The zero-order valence-corrected chi connectivity index (χ0v) is 22.1. The van der Waals surface area contributed by atoms with E-state index in [2.05, 4.69) is 22.6 Å². The van der Waals surface area contributed by atoms with Crippen molar-refractivity contribution in [2.45, 2.75) is 33.3 Å². The molecule has 5 nitrogen and oxygen atoms in total. The molecule has 0 spiro atoms. The molecule has 3 rings (SSSR count). The van der Waals surface area contributed by atoms with Gasteiger partial charge in [-0.2, -0.15) is 0 Å². The number of amides is 2. The van der Waals surface area contributed by atoms with Crippen LogP contribution in [0.1, 0.15) is 37.8 Å². The highest BCUT2D eigenvalue weighted by Gasteiger charge is 2.34. The number of rotatable bonds is 9. The van der Waals surface area contributed by atoms with Crippen LogP contribution in [0.2, 0.25) is 10.0 Å². The monoisotopic (exact) mass is 605 g/mol. The average Bonchev–Trinajstić information content (AvgIpc) is 3.00. The molecule has 9 heteroatoms. The van der Waals surface area contributed by atoms with E-state index in [1.807, 2.05) is 32.0 Å². The average molecular weight is 606 g/mol. The van der Waals surface area contributed by atoms with Gasteiger partial charge in [0, 0.05) is 22.2 Å². The van der Waals surface area contributed by atoms with E-state index in [4.69, 9.17) is 32.7 Å². The minimum absolute atomic E-state index is 0.228. The lowest BCUT2D eigenvalue weighted by molar-refractivity contribution is -0.122. The molecular formula is C23H22Cl2INO4S. The fourth-order valence-corrected chi connectivity index (χ4v) is 5.13. The van der Waals surface area contributed by atoms with Crippen LogP contribution >= 0.6 is 57.6 Å². The van der Waals surface area contributed by atoms with Gasteiger partial charge in [-0.1, -0.05) is 42.6 Å². The van der Waals surface area contributed by atoms with Gasteiger partial charge in [-0.3, -0.25) is 14.5 Å². The molecular weight excluding hydrogens is 584 g/mol. The van der Waals surface area contributed by atoms with Crippen molar-refractivity contribution in [3.05, 3.63) is 60.0 Å². The van der Waals surface area contributed by atoms with E-state index in [9.17, 15) is 9.59 Å². The van der Waals surface area contributed by atoms with Crippen LogP contribution in [-0.2, 0) is 11.4 Å². The lowest BCUT2D eigenvalue weighted by Crippen LogP contribution is -2.29. The van der Waals surface area contributed by atoms with E-state index < -0.39 is 0 Å². The number of hydrogen-bond acceptors (Lipinski definition) is 5. The molecule has 0 aromatic heterocycles. The van der Waals surface area contributed by atoms with Crippen molar-refractivity contribution in [3.63, 3.8) is 0 Å². The van der Waals surface area contributed by atoms with E-state index >= 15 is 0 Å². The Morgan fingerprint density at radius 2 is 1.91 bits per heavy atom. The predicted octanol–water partition coefficient (Wildman–Crippen LogP) is 7.41. The Bertz CT molecular complexity index is 1060. The van der Waals surface area contributed by atoms with Gasteiger partial charge in [-0.05, 0) is 83.6 Å². The highest BCUT2D eigenvalue weighted by atomic mass is 127. The molecule has 0 aliphatic carbocycles. The molecule has 0 bridgehead atoms. The number of carbonyl (C=O) groups is 2. The minimum Gasteiger partial charge on any atom is -0.490 e. The van der Waals surface area contributed by atoms with Gasteiger partial charge in [0.05, 0.1) is 15.1 Å². The summed E-state index contributed by atoms with van der Waals surface area (Å²) in [5.41, 5.74) is 1.56. The van der Waals surface area contributed by atoms with E-state index in [1.54, 1.807) is 18.2 Å². The fraction of sp³-hybridized carbons (Fsp3) is 0.304. The van der Waals surface area contributed by atoms with Crippen LogP contribution in [0, 0.1) is 3.57 Å². The topological polar surface area (TPSA) is 55.8 Å². The van der Waals surface area contributed by atoms with Crippen LogP contribution < -0.4 is 9.47 Å². The smallest absolute Gasteiger partial charge is 0.293 e. The van der Waals surface area contributed by atoms with Gasteiger partial charge in [-0.15, -0.1) is 0 Å². The first kappa shape index (κ1) is 25.2. The van der Waals surface area contributed by atoms with Gasteiger partial charge >= 0.3 is 0 Å². The van der Waals surface area contributed by atoms with Crippen LogP contribution in [0.5, 0.6) is 11.5 Å². The molecule has 0 radical (unpaired) electrons. The van der Waals surface area contributed by atoms with Crippen LogP contribution in [0.3, 0.4) is 0 Å². The molecule has 2 aromatic carbocycles. The molecule has 1 aliphatic rings. The number of nitrogens with zero attached hydrogens (tertiary/aromatic N) is 1. The number of imide groups is 1. The van der Waals surface area contributed by atoms with Gasteiger partial charge in [0.15, 0.2) is 11.5 Å². The van der Waals surface area contributed by atoms with Crippen molar-refractivity contribution >= 4 is 74.8 Å². The van der Waals surface area contributed by atoms with E-state index in [1.165, 1.54) is 4.90 Å². The molecule has 1 saturated heterocycles. The third-order valence-corrected chi connectivity index (χ3v) is 6.92. The number of ether oxygens (including phenoxy) is 2. The number of benzene rings is 2. The van der Waals surface area contributed by atoms with Gasteiger partial charge in [0.1, 0.15) is 6.61 Å². The molecule has 1 fully saturated rings. The summed E-state index contributed by atoms with van der Waals surface area (Å²) in [6.45, 7) is 5.06. The Balaban J connectivity index is 1.84. The van der Waals surface area contributed by atoms with Gasteiger partial charge < -0.3 is 9.47 Å². The highest BCUT2D eigenvalue weighted by Crippen LogP contribution is 2.38. The molecule has 0 N–H and O–H groups in total. The summed E-state index contributed by atoms with van der Waals surface area (Å²) in [6.07, 6.45) is 3.43. The molecule has 2 amide bonds. The normalized spacial score (nSPS) is 15.0. The standard InChI is InChI=1S/C23H22Cl2INO4S/c1-3-5-8-27-22(28)20(32-23(27)29)11-14-9-18(26)21(19(10-14)30-4-2)31-13-15-6-7-16(24)12-17(15)25/h6-7,9-12H,3-5,8,13H2,1-2H3/b20-11-. The molecule has 1 heterocycles. The highest BCUT2D eigenvalue weighted by molar-refractivity contribution is 14.1. The minimum atomic E-state index is -0.251. The Morgan fingerprint density at radius 3 is 2.59 bits per heavy atom. The number of carbonyl (C=O) groups excluding carboxylic acids is 2. The van der Waals surface area contributed by atoms with Crippen LogP contribution in [0.15, 0.2) is 35.2 Å². The molecule has 0 atom stereocenters. The third-order valence-electron chi connectivity index (χ3n) is 4.63. The van der Waals surface area contributed by atoms with Crippen molar-refractivity contribution in [2.24, 2.45) is 0 Å². The lowest BCUT2D eigenvalue weighted by Gasteiger charge is -2.15. The van der Waals surface area contributed by atoms with Crippen LogP contribution in [0.25, 0.3) is 6.08 Å². The second kappa shape index (κ2) is 11.6. The first-order valence-corrected chi connectivity index (χ1v) is 12.8. The summed E-state index contributed by atoms with van der Waals surface area (Å²) in [5.74, 6) is 0.895. The van der Waals surface area contributed by atoms with E-state index in [0.717, 1.165) is 39.3 Å². The summed E-state index contributed by atoms with van der Waals surface area (Å²) in [7, 11) is 0.